The van der Waals surface area contributed by atoms with Gasteiger partial charge in [0.05, 0.1) is 5.56 Å². The Balaban J connectivity index is 2.19. The van der Waals surface area contributed by atoms with Crippen LogP contribution in [0.15, 0.2) is 48.5 Å². The molecule has 0 aromatic heterocycles. The summed E-state index contributed by atoms with van der Waals surface area (Å²) >= 11 is 0. The summed E-state index contributed by atoms with van der Waals surface area (Å²) in [6, 6.07) is 9.60. The molecule has 0 fully saturated rings. The zero-order chi connectivity index (χ0) is 21.6. The van der Waals surface area contributed by atoms with E-state index in [0.717, 1.165) is 12.1 Å². The van der Waals surface area contributed by atoms with Crippen LogP contribution in [0.3, 0.4) is 0 Å². The van der Waals surface area contributed by atoms with Crippen molar-refractivity contribution in [2.75, 3.05) is 0 Å². The summed E-state index contributed by atoms with van der Waals surface area (Å²) < 4.78 is 52.6. The summed E-state index contributed by atoms with van der Waals surface area (Å²) in [6.45, 7) is 3.24. The molecule has 8 heteroatoms. The minimum Gasteiger partial charge on any atom is -0.350 e. The highest BCUT2D eigenvalue weighted by Crippen LogP contribution is 2.32. The molecular formula is C21H22F4N2O2. The zero-order valence-corrected chi connectivity index (χ0v) is 16.0. The number of hydrogen-bond acceptors (Lipinski definition) is 2. The van der Waals surface area contributed by atoms with E-state index in [9.17, 15) is 27.2 Å². The Labute approximate surface area is 166 Å². The second-order valence-corrected chi connectivity index (χ2v) is 7.03. The number of nitrogens with one attached hydrogen (secondary N) is 2. The third kappa shape index (κ3) is 6.58. The fourth-order valence-corrected chi connectivity index (χ4v) is 2.79. The molecule has 1 atom stereocenters. The van der Waals surface area contributed by atoms with E-state index >= 15 is 0 Å². The molecular weight excluding hydrogens is 388 g/mol. The Morgan fingerprint density at radius 1 is 1.03 bits per heavy atom. The highest BCUT2D eigenvalue weighted by atomic mass is 19.4. The fraction of sp³-hybridized carbons (Fsp3) is 0.333. The molecule has 156 valence electrons. The molecule has 2 amide bonds. The molecule has 0 radical (unpaired) electrons. The first-order valence-electron chi connectivity index (χ1n) is 9.05. The second-order valence-electron chi connectivity index (χ2n) is 7.03. The number of alkyl halides is 3. The number of benzene rings is 2. The van der Waals surface area contributed by atoms with Gasteiger partial charge in [0.1, 0.15) is 11.9 Å². The first-order valence-corrected chi connectivity index (χ1v) is 9.05. The minimum absolute atomic E-state index is 0.0723. The van der Waals surface area contributed by atoms with Crippen molar-refractivity contribution in [2.24, 2.45) is 5.92 Å². The Bertz CT molecular complexity index is 852. The van der Waals surface area contributed by atoms with Crippen LogP contribution in [0.2, 0.25) is 0 Å². The van der Waals surface area contributed by atoms with Crippen molar-refractivity contribution in [3.05, 3.63) is 71.0 Å². The lowest BCUT2D eigenvalue weighted by Crippen LogP contribution is -2.40. The Morgan fingerprint density at radius 3 is 2.28 bits per heavy atom. The van der Waals surface area contributed by atoms with E-state index in [0.29, 0.717) is 11.6 Å². The lowest BCUT2D eigenvalue weighted by atomic mass is 10.0. The maximum atomic E-state index is 13.2. The van der Waals surface area contributed by atoms with E-state index in [1.54, 1.807) is 30.3 Å². The predicted octanol–water partition coefficient (Wildman–Crippen LogP) is 4.36. The number of carbonyl (C=O) groups is 2. The van der Waals surface area contributed by atoms with Crippen LogP contribution < -0.4 is 10.6 Å². The highest BCUT2D eigenvalue weighted by Gasteiger charge is 2.34. The van der Waals surface area contributed by atoms with Gasteiger partial charge >= 0.3 is 6.18 Å². The van der Waals surface area contributed by atoms with Gasteiger partial charge in [-0.15, -0.1) is 0 Å². The van der Waals surface area contributed by atoms with E-state index in [-0.39, 0.29) is 23.8 Å². The summed E-state index contributed by atoms with van der Waals surface area (Å²) in [6.07, 6.45) is -4.56. The summed E-state index contributed by atoms with van der Waals surface area (Å²) in [5, 5.41) is 5.03. The molecule has 2 rings (SSSR count). The molecule has 2 aromatic carbocycles. The maximum absolute atomic E-state index is 13.2. The average molecular weight is 410 g/mol. The molecule has 0 saturated heterocycles. The summed E-state index contributed by atoms with van der Waals surface area (Å²) in [5.41, 5.74) is -0.928. The van der Waals surface area contributed by atoms with Crippen molar-refractivity contribution in [1.82, 2.24) is 10.6 Å². The van der Waals surface area contributed by atoms with Crippen molar-refractivity contribution in [2.45, 2.75) is 39.0 Å². The summed E-state index contributed by atoms with van der Waals surface area (Å²) in [7, 11) is 0. The molecule has 0 aliphatic rings. The number of halogens is 4. The van der Waals surface area contributed by atoms with Gasteiger partial charge in [-0.05, 0) is 29.2 Å². The normalized spacial score (nSPS) is 12.5. The average Bonchev–Trinajstić information content (AvgIpc) is 2.64. The monoisotopic (exact) mass is 410 g/mol. The molecule has 0 aliphatic carbocycles. The molecule has 0 spiro atoms. The quantitative estimate of drug-likeness (QED) is 0.667. The predicted molar refractivity (Wildman–Crippen MR) is 100 cm³/mol. The molecule has 0 heterocycles. The Hall–Kier alpha value is -2.90. The largest absolute Gasteiger partial charge is 0.416 e. The van der Waals surface area contributed by atoms with E-state index in [1.165, 1.54) is 0 Å². The number of carbonyl (C=O) groups excluding carboxylic acids is 2. The smallest absolute Gasteiger partial charge is 0.350 e. The molecule has 0 bridgehead atoms. The van der Waals surface area contributed by atoms with Gasteiger partial charge in [-0.2, -0.15) is 13.2 Å². The third-order valence-corrected chi connectivity index (χ3v) is 4.12. The van der Waals surface area contributed by atoms with E-state index in [4.69, 9.17) is 0 Å². The van der Waals surface area contributed by atoms with Gasteiger partial charge in [-0.25, -0.2) is 4.39 Å². The molecule has 0 saturated carbocycles. The van der Waals surface area contributed by atoms with Crippen LogP contribution in [0, 0.1) is 11.7 Å². The van der Waals surface area contributed by atoms with Crippen LogP contribution in [0.5, 0.6) is 0 Å². The van der Waals surface area contributed by atoms with Crippen molar-refractivity contribution in [3.8, 4) is 0 Å². The SMILES string of the molecule is CC(C)CC(=O)NC(C(=O)NCc1ccc(F)cc1C(F)(F)F)c1ccccc1. The molecule has 1 unspecified atom stereocenters. The fourth-order valence-electron chi connectivity index (χ4n) is 2.79. The van der Waals surface area contributed by atoms with E-state index in [1.807, 2.05) is 13.8 Å². The van der Waals surface area contributed by atoms with Gasteiger partial charge in [0.15, 0.2) is 0 Å². The Morgan fingerprint density at radius 2 is 1.69 bits per heavy atom. The molecule has 29 heavy (non-hydrogen) atoms. The molecule has 2 aromatic rings. The second kappa shape index (κ2) is 9.54. The van der Waals surface area contributed by atoms with Gasteiger partial charge in [0.25, 0.3) is 0 Å². The van der Waals surface area contributed by atoms with Crippen LogP contribution in [0.25, 0.3) is 0 Å². The highest BCUT2D eigenvalue weighted by molar-refractivity contribution is 5.88. The van der Waals surface area contributed by atoms with Gasteiger partial charge in [-0.1, -0.05) is 50.2 Å². The van der Waals surface area contributed by atoms with E-state index < -0.39 is 36.1 Å². The maximum Gasteiger partial charge on any atom is 0.416 e. The van der Waals surface area contributed by atoms with Crippen molar-refractivity contribution >= 4 is 11.8 Å². The van der Waals surface area contributed by atoms with Crippen molar-refractivity contribution < 1.29 is 27.2 Å². The van der Waals surface area contributed by atoms with Crippen LogP contribution >= 0.6 is 0 Å². The lowest BCUT2D eigenvalue weighted by molar-refractivity contribution is -0.138. The number of hydrogen-bond donors (Lipinski definition) is 2. The first kappa shape index (κ1) is 22.4. The minimum atomic E-state index is -4.76. The van der Waals surface area contributed by atoms with Crippen LogP contribution in [0.1, 0.15) is 43.0 Å². The Kier molecular flexibility index (Phi) is 7.36. The van der Waals surface area contributed by atoms with Crippen molar-refractivity contribution in [3.63, 3.8) is 0 Å². The standard InChI is InChI=1S/C21H22F4N2O2/c1-13(2)10-18(28)27-19(14-6-4-3-5-7-14)20(29)26-12-15-8-9-16(22)11-17(15)21(23,24)25/h3-9,11,13,19H,10,12H2,1-2H3,(H,26,29)(H,27,28). The summed E-state index contributed by atoms with van der Waals surface area (Å²) in [5.74, 6) is -1.95. The number of rotatable bonds is 7. The topological polar surface area (TPSA) is 58.2 Å². The lowest BCUT2D eigenvalue weighted by Gasteiger charge is -2.20. The first-order chi connectivity index (χ1) is 13.6. The molecule has 4 nitrogen and oxygen atoms in total. The number of amides is 2. The van der Waals surface area contributed by atoms with Gasteiger partial charge in [0, 0.05) is 13.0 Å². The zero-order valence-electron chi connectivity index (χ0n) is 16.0. The van der Waals surface area contributed by atoms with Gasteiger partial charge in [-0.3, -0.25) is 9.59 Å². The molecule has 2 N–H and O–H groups in total. The van der Waals surface area contributed by atoms with E-state index in [2.05, 4.69) is 10.6 Å². The van der Waals surface area contributed by atoms with Crippen molar-refractivity contribution in [1.29, 1.82) is 0 Å². The van der Waals surface area contributed by atoms with Crippen LogP contribution in [-0.2, 0) is 22.3 Å². The van der Waals surface area contributed by atoms with Gasteiger partial charge in [0.2, 0.25) is 11.8 Å². The van der Waals surface area contributed by atoms with Gasteiger partial charge < -0.3 is 10.6 Å². The molecule has 0 aliphatic heterocycles. The third-order valence-electron chi connectivity index (χ3n) is 4.12. The summed E-state index contributed by atoms with van der Waals surface area (Å²) in [4.78, 5) is 24.8. The van der Waals surface area contributed by atoms with Crippen LogP contribution in [-0.4, -0.2) is 11.8 Å². The van der Waals surface area contributed by atoms with Crippen LogP contribution in [0.4, 0.5) is 17.6 Å².